The molecule has 0 aromatic heterocycles. The number of hydrogen-bond acceptors (Lipinski definition) is 6. The van der Waals surface area contributed by atoms with Gasteiger partial charge in [-0.25, -0.2) is 0 Å². The molecule has 0 amide bonds. The monoisotopic (exact) mass is 466 g/mol. The van der Waals surface area contributed by atoms with Gasteiger partial charge in [0, 0.05) is 13.1 Å². The average molecular weight is 467 g/mol. The zero-order chi connectivity index (χ0) is 20.4. The topological polar surface area (TPSA) is 59.1 Å². The molecule has 4 rings (SSSR count). The van der Waals surface area contributed by atoms with Crippen LogP contribution in [-0.4, -0.2) is 76.2 Å². The number of nitrogens with zero attached hydrogens (tertiary/aromatic N) is 2. The summed E-state index contributed by atoms with van der Waals surface area (Å²) in [5.41, 5.74) is 0.0897. The fourth-order valence-electron chi connectivity index (χ4n) is 6.46. The highest BCUT2D eigenvalue weighted by atomic mass is 35.5. The number of esters is 2. The Balaban J connectivity index is 0.00000225. The van der Waals surface area contributed by atoms with Crippen molar-refractivity contribution in [3.8, 4) is 0 Å². The molecule has 0 aromatic carbocycles. The van der Waals surface area contributed by atoms with Gasteiger partial charge in [-0.15, -0.1) is 24.8 Å². The van der Waals surface area contributed by atoms with Gasteiger partial charge in [-0.3, -0.25) is 9.59 Å². The van der Waals surface area contributed by atoms with Crippen LogP contribution < -0.4 is 0 Å². The van der Waals surface area contributed by atoms with Crippen molar-refractivity contribution in [3.63, 3.8) is 0 Å². The molecule has 30 heavy (non-hydrogen) atoms. The molecule has 0 aliphatic heterocycles. The number of carbonyl (C=O) groups is 2. The third-order valence-corrected chi connectivity index (χ3v) is 6.95. The summed E-state index contributed by atoms with van der Waals surface area (Å²) < 4.78 is 11.0. The lowest BCUT2D eigenvalue weighted by atomic mass is 9.43. The van der Waals surface area contributed by atoms with E-state index < -0.39 is 0 Å². The lowest BCUT2D eigenvalue weighted by Crippen LogP contribution is -2.53. The maximum absolute atomic E-state index is 12.5. The van der Waals surface area contributed by atoms with Crippen molar-refractivity contribution in [3.05, 3.63) is 0 Å². The molecule has 0 heterocycles. The first-order chi connectivity index (χ1) is 13.2. The summed E-state index contributed by atoms with van der Waals surface area (Å²) in [6.45, 7) is 2.43. The summed E-state index contributed by atoms with van der Waals surface area (Å²) in [4.78, 5) is 29.1. The molecule has 0 spiro atoms. The summed E-state index contributed by atoms with van der Waals surface area (Å²) in [5.74, 6) is 1.19. The van der Waals surface area contributed by atoms with Crippen molar-refractivity contribution < 1.29 is 19.1 Å². The molecule has 4 bridgehead atoms. The molecule has 8 heteroatoms. The quantitative estimate of drug-likeness (QED) is 0.459. The van der Waals surface area contributed by atoms with Crippen LogP contribution in [0.2, 0.25) is 0 Å². The number of ether oxygens (including phenoxy) is 2. The van der Waals surface area contributed by atoms with E-state index in [0.29, 0.717) is 37.9 Å². The van der Waals surface area contributed by atoms with Gasteiger partial charge in [0.2, 0.25) is 0 Å². The summed E-state index contributed by atoms with van der Waals surface area (Å²) in [5, 5.41) is 0. The van der Waals surface area contributed by atoms with Crippen LogP contribution in [-0.2, 0) is 19.1 Å². The fourth-order valence-corrected chi connectivity index (χ4v) is 6.46. The van der Waals surface area contributed by atoms with Crippen LogP contribution in [0, 0.1) is 22.7 Å². The van der Waals surface area contributed by atoms with E-state index in [1.165, 1.54) is 6.42 Å². The highest BCUT2D eigenvalue weighted by Gasteiger charge is 2.58. The van der Waals surface area contributed by atoms with E-state index in [-0.39, 0.29) is 47.6 Å². The number of carbonyl (C=O) groups excluding carboxylic acids is 2. The molecule has 0 N–H and O–H groups in total. The largest absolute Gasteiger partial charge is 0.464 e. The first-order valence-electron chi connectivity index (χ1n) is 10.8. The lowest BCUT2D eigenvalue weighted by molar-refractivity contribution is -0.165. The van der Waals surface area contributed by atoms with E-state index in [9.17, 15) is 9.59 Å². The minimum absolute atomic E-state index is 0. The Bertz CT molecular complexity index is 525. The number of rotatable bonds is 10. The molecular formula is C22H40Cl2N2O4. The van der Waals surface area contributed by atoms with E-state index in [2.05, 4.69) is 0 Å². The standard InChI is InChI=1S/C22H38N2O4.2ClH/c1-23(2)5-7-27-19(25)14-21-10-17-9-18(11-21)13-22(12-17,16-21)15-20(26)28-8-6-24(3)4;;/h17-18H,5-16H2,1-4H3;2*1H. The second-order valence-electron chi connectivity index (χ2n) is 10.4. The third kappa shape index (κ3) is 7.25. The predicted octanol–water partition coefficient (Wildman–Crippen LogP) is 3.41. The number of halogens is 2. The van der Waals surface area contributed by atoms with Crippen LogP contribution in [0.25, 0.3) is 0 Å². The molecular weight excluding hydrogens is 427 g/mol. The molecule has 0 saturated heterocycles. The highest BCUT2D eigenvalue weighted by molar-refractivity contribution is 5.85. The minimum Gasteiger partial charge on any atom is -0.464 e. The molecule has 4 saturated carbocycles. The Labute approximate surface area is 194 Å². The smallest absolute Gasteiger partial charge is 0.306 e. The van der Waals surface area contributed by atoms with Crippen molar-refractivity contribution in [2.75, 3.05) is 54.5 Å². The molecule has 176 valence electrons. The van der Waals surface area contributed by atoms with Crippen LogP contribution in [0.3, 0.4) is 0 Å². The van der Waals surface area contributed by atoms with Crippen LogP contribution in [0.4, 0.5) is 0 Å². The maximum Gasteiger partial charge on any atom is 0.306 e. The first kappa shape index (κ1) is 27.5. The van der Waals surface area contributed by atoms with E-state index in [1.807, 2.05) is 38.0 Å². The summed E-state index contributed by atoms with van der Waals surface area (Å²) in [6.07, 6.45) is 7.81. The van der Waals surface area contributed by atoms with Gasteiger partial charge < -0.3 is 19.3 Å². The third-order valence-electron chi connectivity index (χ3n) is 6.95. The fraction of sp³-hybridized carbons (Fsp3) is 0.909. The van der Waals surface area contributed by atoms with Crippen molar-refractivity contribution in [1.29, 1.82) is 0 Å². The Morgan fingerprint density at radius 3 is 1.47 bits per heavy atom. The van der Waals surface area contributed by atoms with Crippen LogP contribution in [0.5, 0.6) is 0 Å². The second kappa shape index (κ2) is 11.3. The Hall–Kier alpha value is -0.560. The van der Waals surface area contributed by atoms with Gasteiger partial charge in [-0.05, 0) is 89.4 Å². The zero-order valence-electron chi connectivity index (χ0n) is 19.0. The molecule has 4 aliphatic rings. The second-order valence-corrected chi connectivity index (χ2v) is 10.4. The molecule has 4 aliphatic carbocycles. The Morgan fingerprint density at radius 1 is 0.767 bits per heavy atom. The van der Waals surface area contributed by atoms with Crippen LogP contribution in [0.1, 0.15) is 51.4 Å². The van der Waals surface area contributed by atoms with Gasteiger partial charge in [-0.2, -0.15) is 0 Å². The summed E-state index contributed by atoms with van der Waals surface area (Å²) in [7, 11) is 7.92. The number of likely N-dealkylation sites (N-methyl/N-ethyl adjacent to an activating group) is 2. The van der Waals surface area contributed by atoms with Gasteiger partial charge in [-0.1, -0.05) is 0 Å². The van der Waals surface area contributed by atoms with Crippen molar-refractivity contribution in [1.82, 2.24) is 9.80 Å². The molecule has 0 unspecified atom stereocenters. The predicted molar refractivity (Wildman–Crippen MR) is 122 cm³/mol. The van der Waals surface area contributed by atoms with E-state index in [1.54, 1.807) is 0 Å². The molecule has 0 aromatic rings. The summed E-state index contributed by atoms with van der Waals surface area (Å²) in [6, 6.07) is 0. The maximum atomic E-state index is 12.5. The van der Waals surface area contributed by atoms with E-state index in [0.717, 1.165) is 45.2 Å². The minimum atomic E-state index is -0.0625. The van der Waals surface area contributed by atoms with Gasteiger partial charge in [0.15, 0.2) is 0 Å². The van der Waals surface area contributed by atoms with E-state index >= 15 is 0 Å². The molecule has 4 fully saturated rings. The van der Waals surface area contributed by atoms with Gasteiger partial charge >= 0.3 is 11.9 Å². The van der Waals surface area contributed by atoms with Crippen molar-refractivity contribution in [2.24, 2.45) is 22.7 Å². The highest BCUT2D eigenvalue weighted by Crippen LogP contribution is 2.67. The summed E-state index contributed by atoms with van der Waals surface area (Å²) >= 11 is 0. The Morgan fingerprint density at radius 2 is 1.13 bits per heavy atom. The SMILES string of the molecule is CN(C)CCOC(=O)CC12CC3CC(C1)CC(CC(=O)OCCN(C)C)(C3)C2.Cl.Cl. The average Bonchev–Trinajstić information content (AvgIpc) is 2.51. The molecule has 0 radical (unpaired) electrons. The van der Waals surface area contributed by atoms with Crippen LogP contribution >= 0.6 is 24.8 Å². The first-order valence-corrected chi connectivity index (χ1v) is 10.8. The number of hydrogen-bond donors (Lipinski definition) is 0. The molecule has 0 atom stereocenters. The molecule has 6 nitrogen and oxygen atoms in total. The van der Waals surface area contributed by atoms with Gasteiger partial charge in [0.25, 0.3) is 0 Å². The normalized spacial score (nSPS) is 31.3. The van der Waals surface area contributed by atoms with Crippen LogP contribution in [0.15, 0.2) is 0 Å². The van der Waals surface area contributed by atoms with E-state index in [4.69, 9.17) is 9.47 Å². The lowest BCUT2D eigenvalue weighted by Gasteiger charge is -2.62. The Kier molecular flexibility index (Phi) is 10.4. The van der Waals surface area contributed by atoms with Crippen molar-refractivity contribution >= 4 is 36.8 Å². The van der Waals surface area contributed by atoms with Gasteiger partial charge in [0.05, 0.1) is 12.8 Å². The zero-order valence-corrected chi connectivity index (χ0v) is 20.6. The van der Waals surface area contributed by atoms with Crippen molar-refractivity contribution in [2.45, 2.75) is 51.4 Å². The van der Waals surface area contributed by atoms with Gasteiger partial charge in [0.1, 0.15) is 13.2 Å².